The van der Waals surface area contributed by atoms with Crippen molar-refractivity contribution >= 4 is 23.4 Å². The zero-order valence-electron chi connectivity index (χ0n) is 9.90. The summed E-state index contributed by atoms with van der Waals surface area (Å²) < 4.78 is 5.64. The molecule has 0 radical (unpaired) electrons. The molecule has 0 spiro atoms. The van der Waals surface area contributed by atoms with Crippen molar-refractivity contribution < 1.29 is 4.74 Å². The molecule has 0 aliphatic carbocycles. The molecule has 1 aromatic rings. The van der Waals surface area contributed by atoms with Gasteiger partial charge in [0.15, 0.2) is 5.82 Å². The van der Waals surface area contributed by atoms with E-state index >= 15 is 0 Å². The Balaban J connectivity index is 2.26. The number of rotatable bonds is 2. The number of nitrogen functional groups attached to an aromatic ring is 1. The Morgan fingerprint density at radius 2 is 2.35 bits per heavy atom. The molecule has 2 heterocycles. The van der Waals surface area contributed by atoms with Gasteiger partial charge in [-0.2, -0.15) is 4.98 Å². The molecule has 1 aromatic heterocycles. The summed E-state index contributed by atoms with van der Waals surface area (Å²) >= 11 is 6.10. The van der Waals surface area contributed by atoms with Crippen LogP contribution in [0.15, 0.2) is 6.20 Å². The molecule has 6 nitrogen and oxygen atoms in total. The minimum atomic E-state index is -0.206. The lowest BCUT2D eigenvalue weighted by molar-refractivity contribution is -0.0279. The highest BCUT2D eigenvalue weighted by Crippen LogP contribution is 2.27. The van der Waals surface area contributed by atoms with Crippen LogP contribution < -0.4 is 16.2 Å². The highest BCUT2D eigenvalue weighted by molar-refractivity contribution is 6.32. The maximum absolute atomic E-state index is 6.10. The van der Waals surface area contributed by atoms with Crippen LogP contribution in [0.3, 0.4) is 0 Å². The van der Waals surface area contributed by atoms with Gasteiger partial charge >= 0.3 is 0 Å². The van der Waals surface area contributed by atoms with E-state index in [4.69, 9.17) is 22.2 Å². The van der Waals surface area contributed by atoms with Crippen molar-refractivity contribution in [2.24, 2.45) is 5.84 Å². The SMILES string of the molecule is CC1(C)CN(c2nc(NN)ncc2Cl)CCO1. The van der Waals surface area contributed by atoms with Gasteiger partial charge in [0.1, 0.15) is 5.02 Å². The van der Waals surface area contributed by atoms with Crippen LogP contribution in [0.25, 0.3) is 0 Å². The minimum Gasteiger partial charge on any atom is -0.372 e. The first-order valence-electron chi connectivity index (χ1n) is 5.40. The maximum Gasteiger partial charge on any atom is 0.239 e. The number of halogens is 1. The average Bonchev–Trinajstić information content (AvgIpc) is 2.28. The van der Waals surface area contributed by atoms with Crippen molar-refractivity contribution in [1.29, 1.82) is 0 Å². The van der Waals surface area contributed by atoms with Gasteiger partial charge in [0.25, 0.3) is 0 Å². The second kappa shape index (κ2) is 4.64. The zero-order chi connectivity index (χ0) is 12.5. The van der Waals surface area contributed by atoms with E-state index in [1.54, 1.807) is 6.20 Å². The summed E-state index contributed by atoms with van der Waals surface area (Å²) in [5, 5.41) is 0.515. The molecule has 17 heavy (non-hydrogen) atoms. The number of nitrogens with two attached hydrogens (primary N) is 1. The Kier molecular flexibility index (Phi) is 3.37. The fourth-order valence-corrected chi connectivity index (χ4v) is 2.06. The third-order valence-corrected chi connectivity index (χ3v) is 2.85. The Labute approximate surface area is 105 Å². The molecule has 0 aromatic carbocycles. The van der Waals surface area contributed by atoms with Crippen molar-refractivity contribution in [1.82, 2.24) is 9.97 Å². The second-order valence-electron chi connectivity index (χ2n) is 4.54. The Morgan fingerprint density at radius 3 is 3.00 bits per heavy atom. The van der Waals surface area contributed by atoms with E-state index in [1.165, 1.54) is 0 Å². The summed E-state index contributed by atoms with van der Waals surface area (Å²) in [6.07, 6.45) is 1.54. The number of hydrazine groups is 1. The van der Waals surface area contributed by atoms with E-state index in [1.807, 2.05) is 13.8 Å². The summed E-state index contributed by atoms with van der Waals surface area (Å²) in [6, 6.07) is 0. The monoisotopic (exact) mass is 257 g/mol. The first kappa shape index (κ1) is 12.3. The molecule has 0 amide bonds. The van der Waals surface area contributed by atoms with E-state index in [0.29, 0.717) is 23.4 Å². The van der Waals surface area contributed by atoms with Gasteiger partial charge in [-0.25, -0.2) is 10.8 Å². The van der Waals surface area contributed by atoms with Crippen molar-refractivity contribution in [3.63, 3.8) is 0 Å². The zero-order valence-corrected chi connectivity index (χ0v) is 10.7. The van der Waals surface area contributed by atoms with Gasteiger partial charge in [0.05, 0.1) is 18.4 Å². The Bertz CT molecular complexity index is 412. The van der Waals surface area contributed by atoms with Crippen molar-refractivity contribution in [2.45, 2.75) is 19.4 Å². The number of nitrogens with zero attached hydrogens (tertiary/aromatic N) is 3. The topological polar surface area (TPSA) is 76.3 Å². The molecule has 2 rings (SSSR count). The Morgan fingerprint density at radius 1 is 1.59 bits per heavy atom. The van der Waals surface area contributed by atoms with E-state index < -0.39 is 0 Å². The quantitative estimate of drug-likeness (QED) is 0.609. The van der Waals surface area contributed by atoms with Crippen LogP contribution in [0.4, 0.5) is 11.8 Å². The number of hydrogen-bond acceptors (Lipinski definition) is 6. The van der Waals surface area contributed by atoms with Crippen LogP contribution in [0.1, 0.15) is 13.8 Å². The van der Waals surface area contributed by atoms with Crippen LogP contribution in [-0.2, 0) is 4.74 Å². The van der Waals surface area contributed by atoms with Crippen LogP contribution in [0.2, 0.25) is 5.02 Å². The molecule has 1 saturated heterocycles. The third-order valence-electron chi connectivity index (χ3n) is 2.58. The lowest BCUT2D eigenvalue weighted by atomic mass is 10.1. The summed E-state index contributed by atoms with van der Waals surface area (Å²) in [7, 11) is 0. The summed E-state index contributed by atoms with van der Waals surface area (Å²) in [5.74, 6) is 6.33. The fraction of sp³-hybridized carbons (Fsp3) is 0.600. The number of ether oxygens (including phenoxy) is 1. The normalized spacial score (nSPS) is 19.2. The van der Waals surface area contributed by atoms with Gasteiger partial charge < -0.3 is 9.64 Å². The molecular weight excluding hydrogens is 242 g/mol. The minimum absolute atomic E-state index is 0.206. The molecule has 7 heteroatoms. The van der Waals surface area contributed by atoms with Crippen LogP contribution in [0.5, 0.6) is 0 Å². The van der Waals surface area contributed by atoms with Crippen molar-refractivity contribution in [2.75, 3.05) is 30.0 Å². The van der Waals surface area contributed by atoms with Crippen LogP contribution >= 0.6 is 11.6 Å². The molecule has 1 aliphatic heterocycles. The van der Waals surface area contributed by atoms with Gasteiger partial charge in [-0.1, -0.05) is 11.6 Å². The summed E-state index contributed by atoms with van der Waals surface area (Å²) in [4.78, 5) is 10.3. The van der Waals surface area contributed by atoms with Gasteiger partial charge in [0, 0.05) is 13.1 Å². The van der Waals surface area contributed by atoms with Gasteiger partial charge in [-0.15, -0.1) is 0 Å². The summed E-state index contributed by atoms with van der Waals surface area (Å²) in [5.41, 5.74) is 2.21. The van der Waals surface area contributed by atoms with Crippen molar-refractivity contribution in [3.8, 4) is 0 Å². The first-order chi connectivity index (χ1) is 8.02. The smallest absolute Gasteiger partial charge is 0.239 e. The number of aromatic nitrogens is 2. The lowest BCUT2D eigenvalue weighted by Gasteiger charge is -2.39. The predicted octanol–water partition coefficient (Wildman–Crippen LogP) is 1.03. The van der Waals surface area contributed by atoms with Crippen LogP contribution in [-0.4, -0.2) is 35.3 Å². The van der Waals surface area contributed by atoms with Crippen molar-refractivity contribution in [3.05, 3.63) is 11.2 Å². The van der Waals surface area contributed by atoms with E-state index in [-0.39, 0.29) is 5.60 Å². The maximum atomic E-state index is 6.10. The molecule has 0 atom stereocenters. The van der Waals surface area contributed by atoms with E-state index in [2.05, 4.69) is 20.3 Å². The average molecular weight is 258 g/mol. The molecule has 0 unspecified atom stereocenters. The molecule has 0 bridgehead atoms. The number of hydrogen-bond donors (Lipinski definition) is 2. The lowest BCUT2D eigenvalue weighted by Crippen LogP contribution is -2.48. The molecule has 1 aliphatic rings. The van der Waals surface area contributed by atoms with E-state index in [9.17, 15) is 0 Å². The molecular formula is C10H16ClN5O. The third kappa shape index (κ3) is 2.77. The van der Waals surface area contributed by atoms with E-state index in [0.717, 1.165) is 13.1 Å². The largest absolute Gasteiger partial charge is 0.372 e. The number of anilines is 2. The summed E-state index contributed by atoms with van der Waals surface area (Å²) in [6.45, 7) is 6.21. The molecule has 94 valence electrons. The number of morpholine rings is 1. The predicted molar refractivity (Wildman–Crippen MR) is 67.1 cm³/mol. The van der Waals surface area contributed by atoms with Crippen LogP contribution in [0, 0.1) is 0 Å². The number of nitrogens with one attached hydrogen (secondary N) is 1. The van der Waals surface area contributed by atoms with Gasteiger partial charge in [-0.05, 0) is 13.8 Å². The second-order valence-corrected chi connectivity index (χ2v) is 4.95. The highest BCUT2D eigenvalue weighted by Gasteiger charge is 2.29. The molecule has 0 saturated carbocycles. The first-order valence-corrected chi connectivity index (χ1v) is 5.78. The molecule has 1 fully saturated rings. The molecule has 3 N–H and O–H groups in total. The van der Waals surface area contributed by atoms with Gasteiger partial charge in [-0.3, -0.25) is 5.43 Å². The Hall–Kier alpha value is -1.11. The fourth-order valence-electron chi connectivity index (χ4n) is 1.85. The standard InChI is InChI=1S/C10H16ClN5O/c1-10(2)6-16(3-4-17-10)8-7(11)5-13-9(14-8)15-12/h5H,3-4,6,12H2,1-2H3,(H,13,14,15). The van der Waals surface area contributed by atoms with Gasteiger partial charge in [0.2, 0.25) is 5.95 Å². The highest BCUT2D eigenvalue weighted by atomic mass is 35.5.